The van der Waals surface area contributed by atoms with Gasteiger partial charge < -0.3 is 10.2 Å². The zero-order valence-corrected chi connectivity index (χ0v) is 14.8. The molecular weight excluding hydrogens is 328 g/mol. The van der Waals surface area contributed by atoms with Crippen LogP contribution < -0.4 is 0 Å². The smallest absolute Gasteiger partial charge is 0.335 e. The number of carbonyl (C=O) groups is 2. The predicted molar refractivity (Wildman–Crippen MR) is 103 cm³/mol. The molecule has 136 valence electrons. The van der Waals surface area contributed by atoms with Gasteiger partial charge in [0.1, 0.15) is 0 Å². The van der Waals surface area contributed by atoms with Crippen molar-refractivity contribution in [2.45, 2.75) is 26.2 Å². The quantitative estimate of drug-likeness (QED) is 0.544. The summed E-state index contributed by atoms with van der Waals surface area (Å²) in [7, 11) is 0. The third-order valence-corrected chi connectivity index (χ3v) is 3.54. The SMILES string of the molecule is CC=CC=C(CCCc1ccccc1)C(=O)O.O=C(O)c1ccccc1. The molecule has 0 fully saturated rings. The van der Waals surface area contributed by atoms with Crippen LogP contribution in [-0.2, 0) is 11.2 Å². The second-order valence-corrected chi connectivity index (χ2v) is 5.53. The number of allylic oxidation sites excluding steroid dienone is 3. The van der Waals surface area contributed by atoms with Crippen LogP contribution in [0.15, 0.2) is 84.5 Å². The standard InChI is InChI=1S/C15H18O2.C7H6O2/c1-2-3-11-14(15(16)17)12-7-10-13-8-5-4-6-9-13;8-7(9)6-4-2-1-3-5-6/h2-6,8-9,11H,7,10,12H2,1H3,(H,16,17);1-5H,(H,8,9). The minimum Gasteiger partial charge on any atom is -0.478 e. The van der Waals surface area contributed by atoms with Crippen LogP contribution in [0.4, 0.5) is 0 Å². The zero-order valence-electron chi connectivity index (χ0n) is 14.8. The van der Waals surface area contributed by atoms with Gasteiger partial charge in [-0.25, -0.2) is 9.59 Å². The highest BCUT2D eigenvalue weighted by atomic mass is 16.4. The van der Waals surface area contributed by atoms with Crippen molar-refractivity contribution in [1.29, 1.82) is 0 Å². The van der Waals surface area contributed by atoms with Crippen LogP contribution in [-0.4, -0.2) is 22.2 Å². The highest BCUT2D eigenvalue weighted by Crippen LogP contribution is 2.10. The van der Waals surface area contributed by atoms with E-state index in [9.17, 15) is 9.59 Å². The van der Waals surface area contributed by atoms with E-state index < -0.39 is 11.9 Å². The van der Waals surface area contributed by atoms with Gasteiger partial charge in [0.25, 0.3) is 0 Å². The average molecular weight is 352 g/mol. The van der Waals surface area contributed by atoms with Gasteiger partial charge in [0.05, 0.1) is 5.56 Å². The molecule has 2 rings (SSSR count). The molecule has 0 radical (unpaired) electrons. The van der Waals surface area contributed by atoms with E-state index in [-0.39, 0.29) is 0 Å². The lowest BCUT2D eigenvalue weighted by molar-refractivity contribution is -0.132. The van der Waals surface area contributed by atoms with Crippen LogP contribution in [0.25, 0.3) is 0 Å². The summed E-state index contributed by atoms with van der Waals surface area (Å²) in [5.74, 6) is -1.70. The number of hydrogen-bond donors (Lipinski definition) is 2. The van der Waals surface area contributed by atoms with Crippen LogP contribution in [0.3, 0.4) is 0 Å². The Morgan fingerprint density at radius 1 is 0.923 bits per heavy atom. The molecule has 2 aromatic rings. The normalized spacial score (nSPS) is 10.9. The summed E-state index contributed by atoms with van der Waals surface area (Å²) in [6.45, 7) is 1.87. The van der Waals surface area contributed by atoms with Crippen LogP contribution in [0.5, 0.6) is 0 Å². The van der Waals surface area contributed by atoms with Gasteiger partial charge in [0, 0.05) is 5.57 Å². The maximum atomic E-state index is 10.9. The highest BCUT2D eigenvalue weighted by Gasteiger charge is 2.05. The van der Waals surface area contributed by atoms with Gasteiger partial charge >= 0.3 is 11.9 Å². The summed E-state index contributed by atoms with van der Waals surface area (Å²) in [6.07, 6.45) is 7.66. The molecule has 0 saturated heterocycles. The van der Waals surface area contributed by atoms with Crippen LogP contribution in [0, 0.1) is 0 Å². The first kappa shape index (κ1) is 20.9. The van der Waals surface area contributed by atoms with Crippen LogP contribution >= 0.6 is 0 Å². The summed E-state index contributed by atoms with van der Waals surface area (Å²) >= 11 is 0. The molecule has 0 heterocycles. The fourth-order valence-corrected chi connectivity index (χ4v) is 2.18. The fraction of sp³-hybridized carbons (Fsp3) is 0.182. The molecule has 4 heteroatoms. The van der Waals surface area contributed by atoms with Crippen molar-refractivity contribution in [2.24, 2.45) is 0 Å². The van der Waals surface area contributed by atoms with Gasteiger partial charge in [0.15, 0.2) is 0 Å². The molecule has 2 N–H and O–H groups in total. The van der Waals surface area contributed by atoms with E-state index in [1.807, 2.05) is 31.2 Å². The summed E-state index contributed by atoms with van der Waals surface area (Å²) in [5, 5.41) is 17.4. The van der Waals surface area contributed by atoms with Crippen molar-refractivity contribution in [2.75, 3.05) is 0 Å². The third kappa shape index (κ3) is 8.64. The number of aliphatic carboxylic acids is 1. The molecule has 0 saturated carbocycles. The predicted octanol–water partition coefficient (Wildman–Crippen LogP) is 4.98. The number of benzene rings is 2. The zero-order chi connectivity index (χ0) is 19.2. The molecule has 0 aliphatic carbocycles. The molecule has 0 aromatic heterocycles. The van der Waals surface area contributed by atoms with E-state index in [1.54, 1.807) is 42.5 Å². The van der Waals surface area contributed by atoms with Crippen molar-refractivity contribution in [1.82, 2.24) is 0 Å². The number of aromatic carboxylic acids is 1. The topological polar surface area (TPSA) is 74.6 Å². The second kappa shape index (κ2) is 12.3. The maximum Gasteiger partial charge on any atom is 0.335 e. The second-order valence-electron chi connectivity index (χ2n) is 5.53. The lowest BCUT2D eigenvalue weighted by atomic mass is 10.0. The van der Waals surface area contributed by atoms with Crippen molar-refractivity contribution in [3.05, 3.63) is 95.6 Å². The van der Waals surface area contributed by atoms with Gasteiger partial charge in [0.2, 0.25) is 0 Å². The maximum absolute atomic E-state index is 10.9. The minimum absolute atomic E-state index is 0.331. The Labute approximate surface area is 154 Å². The van der Waals surface area contributed by atoms with Crippen molar-refractivity contribution >= 4 is 11.9 Å². The van der Waals surface area contributed by atoms with Crippen LogP contribution in [0.1, 0.15) is 35.7 Å². The van der Waals surface area contributed by atoms with E-state index in [1.165, 1.54) is 5.56 Å². The molecule has 0 amide bonds. The summed E-state index contributed by atoms with van der Waals surface area (Å²) in [6, 6.07) is 18.4. The molecule has 0 unspecified atom stereocenters. The lowest BCUT2D eigenvalue weighted by Gasteiger charge is -2.02. The Bertz CT molecular complexity index is 731. The highest BCUT2D eigenvalue weighted by molar-refractivity contribution is 5.87. The first-order chi connectivity index (χ1) is 12.5. The van der Waals surface area contributed by atoms with Crippen molar-refractivity contribution in [3.8, 4) is 0 Å². The largest absolute Gasteiger partial charge is 0.478 e. The molecule has 0 aliphatic rings. The number of rotatable bonds is 7. The first-order valence-electron chi connectivity index (χ1n) is 8.42. The lowest BCUT2D eigenvalue weighted by Crippen LogP contribution is -2.01. The van der Waals surface area contributed by atoms with Crippen molar-refractivity contribution < 1.29 is 19.8 Å². The monoisotopic (exact) mass is 352 g/mol. The first-order valence-corrected chi connectivity index (χ1v) is 8.42. The molecule has 0 spiro atoms. The van der Waals surface area contributed by atoms with Crippen LogP contribution in [0.2, 0.25) is 0 Å². The van der Waals surface area contributed by atoms with Gasteiger partial charge in [-0.15, -0.1) is 0 Å². The molecular formula is C22H24O4. The number of aryl methyl sites for hydroxylation is 1. The number of carboxylic acids is 2. The van der Waals surface area contributed by atoms with Crippen molar-refractivity contribution in [3.63, 3.8) is 0 Å². The van der Waals surface area contributed by atoms with E-state index in [2.05, 4.69) is 12.1 Å². The van der Waals surface area contributed by atoms with Gasteiger partial charge in [-0.1, -0.05) is 66.8 Å². The Kier molecular flexibility index (Phi) is 9.85. The number of carboxylic acid groups (broad SMARTS) is 2. The molecule has 0 atom stereocenters. The van der Waals surface area contributed by atoms with E-state index in [0.717, 1.165) is 12.8 Å². The Morgan fingerprint density at radius 2 is 1.50 bits per heavy atom. The summed E-state index contributed by atoms with van der Waals surface area (Å²) < 4.78 is 0. The fourth-order valence-electron chi connectivity index (χ4n) is 2.18. The molecule has 26 heavy (non-hydrogen) atoms. The van der Waals surface area contributed by atoms with Gasteiger partial charge in [-0.05, 0) is 43.9 Å². The minimum atomic E-state index is -0.879. The van der Waals surface area contributed by atoms with Gasteiger partial charge in [-0.2, -0.15) is 0 Å². The summed E-state index contributed by atoms with van der Waals surface area (Å²) in [5.41, 5.74) is 2.06. The number of hydrogen-bond acceptors (Lipinski definition) is 2. The molecule has 4 nitrogen and oxygen atoms in total. The van der Waals surface area contributed by atoms with E-state index in [4.69, 9.17) is 10.2 Å². The summed E-state index contributed by atoms with van der Waals surface area (Å²) in [4.78, 5) is 21.1. The third-order valence-electron chi connectivity index (χ3n) is 3.54. The van der Waals surface area contributed by atoms with E-state index >= 15 is 0 Å². The Balaban J connectivity index is 0.000000314. The Hall–Kier alpha value is -3.14. The Morgan fingerprint density at radius 3 is 1.96 bits per heavy atom. The molecule has 0 bridgehead atoms. The van der Waals surface area contributed by atoms with E-state index in [0.29, 0.717) is 17.6 Å². The molecule has 2 aromatic carbocycles. The van der Waals surface area contributed by atoms with Gasteiger partial charge in [-0.3, -0.25) is 0 Å². The average Bonchev–Trinajstić information content (AvgIpc) is 2.66. The molecule has 0 aliphatic heterocycles.